The molecule has 1 atom stereocenters. The van der Waals surface area contributed by atoms with Crippen LogP contribution in [0.5, 0.6) is 0 Å². The molecule has 60 heavy (non-hydrogen) atoms. The van der Waals surface area contributed by atoms with Gasteiger partial charge in [-0.1, -0.05) is 271 Å². The average Bonchev–Trinajstić information content (AvgIpc) is 3.24. The molecule has 0 heterocycles. The van der Waals surface area contributed by atoms with Crippen LogP contribution in [0.1, 0.15) is 310 Å². The van der Waals surface area contributed by atoms with Gasteiger partial charge in [-0.25, -0.2) is 0 Å². The number of unbranched alkanes of at least 4 members (excludes halogenated alkanes) is 39. The van der Waals surface area contributed by atoms with E-state index in [1.54, 1.807) is 0 Å². The normalized spacial score (nSPS) is 11.8. The molecule has 0 N–H and O–H groups in total. The maximum absolute atomic E-state index is 12.8. The highest BCUT2D eigenvalue weighted by Gasteiger charge is 2.19. The highest BCUT2D eigenvalue weighted by molar-refractivity contribution is 5.71. The zero-order valence-electron chi connectivity index (χ0n) is 40.8. The summed E-state index contributed by atoms with van der Waals surface area (Å²) < 4.78 is 16.7. The van der Waals surface area contributed by atoms with Gasteiger partial charge in [-0.2, -0.15) is 0 Å². The van der Waals surface area contributed by atoms with Crippen molar-refractivity contribution in [3.63, 3.8) is 0 Å². The Morgan fingerprint density at radius 1 is 0.267 bits per heavy atom. The SMILES string of the molecule is CCCCCCCCCCCCCCCCCCCCCCC(=O)OCC(COC(=O)CCCCCCCC)OC(=O)CCCCCCCCCCCCCCCCCC. The fourth-order valence-electron chi connectivity index (χ4n) is 8.27. The third-order valence-electron chi connectivity index (χ3n) is 12.4. The van der Waals surface area contributed by atoms with Crippen LogP contribution in [-0.2, 0) is 28.6 Å². The summed E-state index contributed by atoms with van der Waals surface area (Å²) >= 11 is 0. The van der Waals surface area contributed by atoms with Gasteiger partial charge in [0.1, 0.15) is 13.2 Å². The van der Waals surface area contributed by atoms with Gasteiger partial charge >= 0.3 is 17.9 Å². The molecule has 0 aromatic rings. The molecule has 0 amide bonds. The molecule has 0 spiro atoms. The molecular weight excluding hydrogens is 745 g/mol. The van der Waals surface area contributed by atoms with Crippen molar-refractivity contribution in [3.05, 3.63) is 0 Å². The van der Waals surface area contributed by atoms with Crippen LogP contribution in [-0.4, -0.2) is 37.2 Å². The summed E-state index contributed by atoms with van der Waals surface area (Å²) in [5, 5.41) is 0. The summed E-state index contributed by atoms with van der Waals surface area (Å²) in [5.74, 6) is -0.850. The Hall–Kier alpha value is -1.59. The monoisotopic (exact) mass is 849 g/mol. The van der Waals surface area contributed by atoms with Crippen LogP contribution in [0.25, 0.3) is 0 Å². The van der Waals surface area contributed by atoms with Crippen LogP contribution in [0.4, 0.5) is 0 Å². The largest absolute Gasteiger partial charge is 0.462 e. The summed E-state index contributed by atoms with van der Waals surface area (Å²) in [6.45, 7) is 6.63. The van der Waals surface area contributed by atoms with Crippen LogP contribution in [0.2, 0.25) is 0 Å². The highest BCUT2D eigenvalue weighted by atomic mass is 16.6. The average molecular weight is 849 g/mol. The van der Waals surface area contributed by atoms with Gasteiger partial charge in [-0.05, 0) is 19.3 Å². The predicted octanol–water partition coefficient (Wildman–Crippen LogP) is 17.6. The third kappa shape index (κ3) is 47.5. The molecular formula is C54H104O6. The van der Waals surface area contributed by atoms with Gasteiger partial charge in [0.2, 0.25) is 0 Å². The summed E-state index contributed by atoms with van der Waals surface area (Å²) in [7, 11) is 0. The predicted molar refractivity (Wildman–Crippen MR) is 257 cm³/mol. The Labute approximate surface area is 374 Å². The molecule has 0 aliphatic rings. The fraction of sp³-hybridized carbons (Fsp3) is 0.944. The molecule has 0 aliphatic carbocycles. The van der Waals surface area contributed by atoms with E-state index in [0.29, 0.717) is 19.3 Å². The van der Waals surface area contributed by atoms with Crippen molar-refractivity contribution >= 4 is 17.9 Å². The quantitative estimate of drug-likeness (QED) is 0.0345. The van der Waals surface area contributed by atoms with Gasteiger partial charge in [-0.15, -0.1) is 0 Å². The van der Waals surface area contributed by atoms with Crippen molar-refractivity contribution in [2.45, 2.75) is 316 Å². The molecule has 0 saturated heterocycles. The van der Waals surface area contributed by atoms with E-state index in [0.717, 1.165) is 57.8 Å². The Morgan fingerprint density at radius 3 is 0.667 bits per heavy atom. The minimum absolute atomic E-state index is 0.0625. The second kappa shape index (κ2) is 50.1. The van der Waals surface area contributed by atoms with Gasteiger partial charge in [0.15, 0.2) is 6.10 Å². The van der Waals surface area contributed by atoms with E-state index < -0.39 is 6.10 Å². The topological polar surface area (TPSA) is 78.9 Å². The summed E-state index contributed by atoms with van der Waals surface area (Å²) in [4.78, 5) is 37.8. The van der Waals surface area contributed by atoms with E-state index in [4.69, 9.17) is 14.2 Å². The lowest BCUT2D eigenvalue weighted by atomic mass is 10.0. The van der Waals surface area contributed by atoms with Gasteiger partial charge < -0.3 is 14.2 Å². The van der Waals surface area contributed by atoms with Gasteiger partial charge in [0.05, 0.1) is 0 Å². The van der Waals surface area contributed by atoms with Crippen molar-refractivity contribution in [3.8, 4) is 0 Å². The number of hydrogen-bond acceptors (Lipinski definition) is 6. The lowest BCUT2D eigenvalue weighted by Crippen LogP contribution is -2.30. The first-order valence-corrected chi connectivity index (χ1v) is 27.0. The first kappa shape index (κ1) is 58.4. The fourth-order valence-corrected chi connectivity index (χ4v) is 8.27. The number of esters is 3. The first-order chi connectivity index (χ1) is 29.5. The van der Waals surface area contributed by atoms with Crippen LogP contribution < -0.4 is 0 Å². The molecule has 0 bridgehead atoms. The molecule has 0 fully saturated rings. The summed E-state index contributed by atoms with van der Waals surface area (Å²) in [5.41, 5.74) is 0. The number of ether oxygens (including phenoxy) is 3. The lowest BCUT2D eigenvalue weighted by molar-refractivity contribution is -0.167. The van der Waals surface area contributed by atoms with E-state index in [1.165, 1.54) is 212 Å². The smallest absolute Gasteiger partial charge is 0.306 e. The second-order valence-corrected chi connectivity index (χ2v) is 18.5. The molecule has 6 nitrogen and oxygen atoms in total. The third-order valence-corrected chi connectivity index (χ3v) is 12.4. The standard InChI is InChI=1S/C54H104O6/c1-4-7-10-13-16-18-20-22-24-26-27-28-29-31-32-34-36-38-41-44-47-53(56)59-50-51(49-58-52(55)46-43-40-15-12-9-6-3)60-54(57)48-45-42-39-37-35-33-30-25-23-21-19-17-14-11-8-5-2/h51H,4-50H2,1-3H3. The number of carbonyl (C=O) groups is 3. The maximum atomic E-state index is 12.8. The van der Waals surface area contributed by atoms with Crippen LogP contribution in [0.3, 0.4) is 0 Å². The number of hydrogen-bond donors (Lipinski definition) is 0. The van der Waals surface area contributed by atoms with E-state index >= 15 is 0 Å². The van der Waals surface area contributed by atoms with E-state index in [-0.39, 0.29) is 31.1 Å². The summed E-state index contributed by atoms with van der Waals surface area (Å²) in [6.07, 6.45) is 54.0. The van der Waals surface area contributed by atoms with Crippen molar-refractivity contribution in [2.24, 2.45) is 0 Å². The van der Waals surface area contributed by atoms with E-state index in [9.17, 15) is 14.4 Å². The minimum Gasteiger partial charge on any atom is -0.462 e. The Bertz CT molecular complexity index is 889. The van der Waals surface area contributed by atoms with Crippen LogP contribution in [0, 0.1) is 0 Å². The molecule has 0 aliphatic heterocycles. The van der Waals surface area contributed by atoms with Crippen molar-refractivity contribution in [2.75, 3.05) is 13.2 Å². The van der Waals surface area contributed by atoms with Crippen molar-refractivity contribution < 1.29 is 28.6 Å². The van der Waals surface area contributed by atoms with E-state index in [1.807, 2.05) is 0 Å². The Balaban J connectivity index is 4.10. The molecule has 0 saturated carbocycles. The molecule has 0 aromatic heterocycles. The van der Waals surface area contributed by atoms with Gasteiger partial charge in [0.25, 0.3) is 0 Å². The van der Waals surface area contributed by atoms with Gasteiger partial charge in [-0.3, -0.25) is 14.4 Å². The molecule has 0 radical (unpaired) electrons. The minimum atomic E-state index is -0.758. The molecule has 356 valence electrons. The van der Waals surface area contributed by atoms with E-state index in [2.05, 4.69) is 20.8 Å². The molecule has 1 unspecified atom stereocenters. The van der Waals surface area contributed by atoms with Crippen LogP contribution in [0.15, 0.2) is 0 Å². The maximum Gasteiger partial charge on any atom is 0.306 e. The molecule has 0 rings (SSSR count). The zero-order chi connectivity index (χ0) is 43.7. The Kier molecular flexibility index (Phi) is 48.7. The zero-order valence-corrected chi connectivity index (χ0v) is 40.8. The first-order valence-electron chi connectivity index (χ1n) is 27.0. The molecule has 6 heteroatoms. The summed E-state index contributed by atoms with van der Waals surface area (Å²) in [6, 6.07) is 0. The van der Waals surface area contributed by atoms with Gasteiger partial charge in [0, 0.05) is 19.3 Å². The second-order valence-electron chi connectivity index (χ2n) is 18.5. The molecule has 0 aromatic carbocycles. The van der Waals surface area contributed by atoms with Crippen LogP contribution >= 0.6 is 0 Å². The highest BCUT2D eigenvalue weighted by Crippen LogP contribution is 2.17. The van der Waals surface area contributed by atoms with Crippen molar-refractivity contribution in [1.29, 1.82) is 0 Å². The van der Waals surface area contributed by atoms with Crippen molar-refractivity contribution in [1.82, 2.24) is 0 Å². The Morgan fingerprint density at radius 2 is 0.450 bits per heavy atom. The lowest BCUT2D eigenvalue weighted by Gasteiger charge is -2.18. The number of carbonyl (C=O) groups excluding carboxylic acids is 3. The number of rotatable bonds is 50.